The van der Waals surface area contributed by atoms with E-state index < -0.39 is 64.8 Å². The van der Waals surface area contributed by atoms with Gasteiger partial charge in [0.25, 0.3) is 5.56 Å². The van der Waals surface area contributed by atoms with Gasteiger partial charge >= 0.3 is 5.97 Å². The molecule has 6 rings (SSSR count). The first-order valence-electron chi connectivity index (χ1n) is 12.9. The third-order valence-corrected chi connectivity index (χ3v) is 8.36. The number of halogens is 4. The number of esters is 1. The minimum Gasteiger partial charge on any atom is -0.496 e. The van der Waals surface area contributed by atoms with Crippen molar-refractivity contribution in [3.63, 3.8) is 0 Å². The van der Waals surface area contributed by atoms with Crippen molar-refractivity contribution in [3.8, 4) is 17.2 Å². The molecule has 2 bridgehead atoms. The van der Waals surface area contributed by atoms with Crippen molar-refractivity contribution in [1.82, 2.24) is 4.57 Å². The first-order valence-corrected chi connectivity index (χ1v) is 13.7. The molecular formula is C30H22F4N2O6S. The van der Waals surface area contributed by atoms with Crippen LogP contribution in [0.4, 0.5) is 17.6 Å². The Bertz CT molecular complexity index is 1950. The van der Waals surface area contributed by atoms with Crippen LogP contribution in [-0.4, -0.2) is 30.5 Å². The lowest BCUT2D eigenvalue weighted by Crippen LogP contribution is -2.58. The van der Waals surface area contributed by atoms with E-state index in [-0.39, 0.29) is 21.9 Å². The first kappa shape index (κ1) is 28.5. The molecule has 3 heterocycles. The lowest BCUT2D eigenvalue weighted by Gasteiger charge is -2.44. The molecule has 0 amide bonds. The largest absolute Gasteiger partial charge is 0.496 e. The predicted octanol–water partition coefficient (Wildman–Crippen LogP) is 4.00. The van der Waals surface area contributed by atoms with Crippen LogP contribution in [0.25, 0.3) is 6.08 Å². The molecule has 222 valence electrons. The van der Waals surface area contributed by atoms with Gasteiger partial charge in [-0.15, -0.1) is 0 Å². The second-order valence-corrected chi connectivity index (χ2v) is 11.0. The van der Waals surface area contributed by atoms with Crippen LogP contribution in [0.2, 0.25) is 0 Å². The normalized spacial score (nSPS) is 20.4. The van der Waals surface area contributed by atoms with Crippen LogP contribution in [0.15, 0.2) is 58.3 Å². The van der Waals surface area contributed by atoms with Crippen molar-refractivity contribution >= 4 is 23.4 Å². The van der Waals surface area contributed by atoms with Gasteiger partial charge in [0.2, 0.25) is 17.4 Å². The second kappa shape index (κ2) is 10.6. The van der Waals surface area contributed by atoms with Gasteiger partial charge in [0.1, 0.15) is 24.0 Å². The Kier molecular flexibility index (Phi) is 6.99. The Hall–Kier alpha value is -4.65. The molecule has 2 aliphatic heterocycles. The molecule has 0 N–H and O–H groups in total. The number of rotatable bonds is 6. The van der Waals surface area contributed by atoms with Gasteiger partial charge in [0.15, 0.2) is 22.2 Å². The summed E-state index contributed by atoms with van der Waals surface area (Å²) in [4.78, 5) is 31.8. The van der Waals surface area contributed by atoms with Crippen molar-refractivity contribution in [3.05, 3.63) is 108 Å². The fourth-order valence-electron chi connectivity index (χ4n) is 5.41. The van der Waals surface area contributed by atoms with Gasteiger partial charge < -0.3 is 18.9 Å². The fraction of sp³-hybridized carbons (Fsp3) is 0.233. The van der Waals surface area contributed by atoms with E-state index >= 15 is 0 Å². The van der Waals surface area contributed by atoms with Crippen LogP contribution in [0.3, 0.4) is 0 Å². The summed E-state index contributed by atoms with van der Waals surface area (Å²) in [5.74, 6) is -8.49. The van der Waals surface area contributed by atoms with Gasteiger partial charge in [-0.05, 0) is 36.8 Å². The number of aromatic nitrogens is 1. The highest BCUT2D eigenvalue weighted by molar-refractivity contribution is 7.07. The van der Waals surface area contributed by atoms with Crippen LogP contribution < -0.4 is 29.1 Å². The van der Waals surface area contributed by atoms with Gasteiger partial charge in [-0.1, -0.05) is 35.6 Å². The SMILES string of the molecule is COC(=O)[C@@H]1[C@H]2c3ccccc3O[C@]1(C)N=c1s/c(=C\c3ccc(OC)c(COc4c(F)c(F)cc(F)c4F)c3)c(=O)n12. The van der Waals surface area contributed by atoms with Gasteiger partial charge in [-0.2, -0.15) is 8.78 Å². The zero-order chi connectivity index (χ0) is 30.6. The van der Waals surface area contributed by atoms with Crippen LogP contribution >= 0.6 is 11.3 Å². The summed E-state index contributed by atoms with van der Waals surface area (Å²) in [6.45, 7) is 1.16. The molecule has 13 heteroatoms. The van der Waals surface area contributed by atoms with Gasteiger partial charge in [0, 0.05) is 17.2 Å². The number of thiazole rings is 1. The average Bonchev–Trinajstić information content (AvgIpc) is 3.28. The van der Waals surface area contributed by atoms with E-state index in [4.69, 9.17) is 18.9 Å². The summed E-state index contributed by atoms with van der Waals surface area (Å²) in [6.07, 6.45) is 1.58. The summed E-state index contributed by atoms with van der Waals surface area (Å²) in [7, 11) is 2.62. The number of carbonyl (C=O) groups excluding carboxylic acids is 1. The third kappa shape index (κ3) is 4.63. The van der Waals surface area contributed by atoms with Gasteiger partial charge in [-0.3, -0.25) is 14.2 Å². The van der Waals surface area contributed by atoms with E-state index in [0.717, 1.165) is 11.3 Å². The Morgan fingerprint density at radius 1 is 1.09 bits per heavy atom. The van der Waals surface area contributed by atoms with Crippen molar-refractivity contribution in [2.45, 2.75) is 25.3 Å². The number of methoxy groups -OCH3 is 2. The van der Waals surface area contributed by atoms with Crippen LogP contribution in [-0.2, 0) is 16.1 Å². The van der Waals surface area contributed by atoms with E-state index in [1.807, 2.05) is 0 Å². The maximum absolute atomic E-state index is 14.1. The van der Waals surface area contributed by atoms with E-state index in [1.165, 1.54) is 18.8 Å². The number of benzene rings is 3. The molecule has 2 aliphatic rings. The molecule has 0 radical (unpaired) electrons. The lowest BCUT2D eigenvalue weighted by molar-refractivity contribution is -0.158. The number of ether oxygens (including phenoxy) is 4. The zero-order valence-corrected chi connectivity index (χ0v) is 23.6. The van der Waals surface area contributed by atoms with Gasteiger partial charge in [-0.25, -0.2) is 13.8 Å². The zero-order valence-electron chi connectivity index (χ0n) is 22.8. The molecule has 0 saturated carbocycles. The fourth-order valence-corrected chi connectivity index (χ4v) is 6.51. The maximum Gasteiger partial charge on any atom is 0.317 e. The molecule has 1 aromatic heterocycles. The molecule has 3 atom stereocenters. The molecular weight excluding hydrogens is 592 g/mol. The molecule has 3 aromatic carbocycles. The lowest BCUT2D eigenvalue weighted by atomic mass is 9.81. The maximum atomic E-state index is 14.1. The predicted molar refractivity (Wildman–Crippen MR) is 146 cm³/mol. The molecule has 0 unspecified atom stereocenters. The molecule has 4 aromatic rings. The quantitative estimate of drug-likeness (QED) is 0.185. The minimum atomic E-state index is -1.67. The number of nitrogens with zero attached hydrogens (tertiary/aromatic N) is 2. The Labute approximate surface area is 245 Å². The Balaban J connectivity index is 1.43. The summed E-state index contributed by atoms with van der Waals surface area (Å²) < 4.78 is 79.0. The van der Waals surface area contributed by atoms with E-state index in [0.29, 0.717) is 21.7 Å². The summed E-state index contributed by atoms with van der Waals surface area (Å²) in [6, 6.07) is 11.2. The minimum absolute atomic E-state index is 0.0887. The highest BCUT2D eigenvalue weighted by Crippen LogP contribution is 2.47. The third-order valence-electron chi connectivity index (χ3n) is 7.38. The van der Waals surface area contributed by atoms with Crippen molar-refractivity contribution in [2.75, 3.05) is 14.2 Å². The average molecular weight is 615 g/mol. The molecule has 0 aliphatic carbocycles. The second-order valence-electron chi connectivity index (χ2n) is 9.98. The van der Waals surface area contributed by atoms with Crippen molar-refractivity contribution in [1.29, 1.82) is 0 Å². The number of hydrogen-bond donors (Lipinski definition) is 0. The number of hydrogen-bond acceptors (Lipinski definition) is 8. The molecule has 43 heavy (non-hydrogen) atoms. The molecule has 0 spiro atoms. The monoisotopic (exact) mass is 614 g/mol. The highest BCUT2D eigenvalue weighted by Gasteiger charge is 2.55. The summed E-state index contributed by atoms with van der Waals surface area (Å²) in [5, 5.41) is 0. The molecule has 8 nitrogen and oxygen atoms in total. The van der Waals surface area contributed by atoms with Crippen LogP contribution in [0.5, 0.6) is 17.2 Å². The van der Waals surface area contributed by atoms with Crippen LogP contribution in [0.1, 0.15) is 29.7 Å². The Morgan fingerprint density at radius 3 is 2.51 bits per heavy atom. The molecule has 0 fully saturated rings. The van der Waals surface area contributed by atoms with Gasteiger partial charge in [0.05, 0.1) is 24.8 Å². The number of para-hydroxylation sites is 1. The van der Waals surface area contributed by atoms with E-state index in [2.05, 4.69) is 4.99 Å². The Morgan fingerprint density at radius 2 is 1.81 bits per heavy atom. The highest BCUT2D eigenvalue weighted by atomic mass is 32.1. The standard InChI is InChI=1S/C30H22F4N2O6S/c1-30-22(28(38)40-3)25(16-6-4-5-7-20(16)42-30)36-27(37)21(43-29(36)35-30)11-14-8-9-19(39-2)15(10-14)13-41-26-23(33)17(31)12-18(32)24(26)34/h4-12,22,25H,13H2,1-3H3/b21-11-/t22-,25+,30-/m0/s1. The van der Waals surface area contributed by atoms with E-state index in [9.17, 15) is 27.2 Å². The number of fused-ring (bicyclic) bond motifs is 6. The summed E-state index contributed by atoms with van der Waals surface area (Å²) >= 11 is 1.09. The topological polar surface area (TPSA) is 88.4 Å². The van der Waals surface area contributed by atoms with Crippen molar-refractivity contribution < 1.29 is 41.3 Å². The first-order chi connectivity index (χ1) is 20.6. The smallest absolute Gasteiger partial charge is 0.317 e. The van der Waals surface area contributed by atoms with Crippen molar-refractivity contribution in [2.24, 2.45) is 10.9 Å². The van der Waals surface area contributed by atoms with Crippen LogP contribution in [0, 0.1) is 29.2 Å². The molecule has 0 saturated heterocycles. The number of carbonyl (C=O) groups is 1. The summed E-state index contributed by atoms with van der Waals surface area (Å²) in [5.41, 5.74) is -0.337. The van der Waals surface area contributed by atoms with E-state index in [1.54, 1.807) is 55.5 Å².